The van der Waals surface area contributed by atoms with Gasteiger partial charge >= 0.3 is 0 Å². The number of amides is 1. The molecule has 4 aliphatic heterocycles. The predicted molar refractivity (Wildman–Crippen MR) is 83.7 cm³/mol. The third-order valence-corrected chi connectivity index (χ3v) is 6.04. The highest BCUT2D eigenvalue weighted by Gasteiger charge is 2.53. The minimum atomic E-state index is -0.00378. The van der Waals surface area contributed by atoms with Gasteiger partial charge in [0.05, 0.1) is 19.8 Å². The second kappa shape index (κ2) is 6.67. The molecule has 0 saturated carbocycles. The van der Waals surface area contributed by atoms with Crippen molar-refractivity contribution >= 4 is 5.91 Å². The molecule has 4 heterocycles. The number of carbonyl (C=O) groups is 1. The lowest BCUT2D eigenvalue weighted by Crippen LogP contribution is -2.43. The van der Waals surface area contributed by atoms with Crippen molar-refractivity contribution in [2.45, 2.75) is 38.1 Å². The molecule has 0 radical (unpaired) electrons. The summed E-state index contributed by atoms with van der Waals surface area (Å²) >= 11 is 0. The Balaban J connectivity index is 1.41. The molecule has 0 spiro atoms. The van der Waals surface area contributed by atoms with Crippen LogP contribution in [0, 0.1) is 11.3 Å². The van der Waals surface area contributed by atoms with Crippen molar-refractivity contribution in [3.05, 3.63) is 0 Å². The van der Waals surface area contributed by atoms with Crippen LogP contribution in [0.4, 0.5) is 0 Å². The maximum absolute atomic E-state index is 12.7. The van der Waals surface area contributed by atoms with Crippen molar-refractivity contribution in [2.75, 3.05) is 52.7 Å². The van der Waals surface area contributed by atoms with Gasteiger partial charge in [-0.1, -0.05) is 0 Å². The fraction of sp³-hybridized carbons (Fsp3) is 0.941. The van der Waals surface area contributed by atoms with Gasteiger partial charge in [0.25, 0.3) is 0 Å². The number of carbonyl (C=O) groups excluding carboxylic acids is 1. The largest absolute Gasteiger partial charge is 0.381 e. The Morgan fingerprint density at radius 2 is 2.00 bits per heavy atom. The van der Waals surface area contributed by atoms with Gasteiger partial charge in [0, 0.05) is 56.6 Å². The molecule has 4 rings (SSSR count). The van der Waals surface area contributed by atoms with Gasteiger partial charge in [-0.3, -0.25) is 14.5 Å². The smallest absolute Gasteiger partial charge is 0.246 e. The zero-order valence-electron chi connectivity index (χ0n) is 13.9. The summed E-state index contributed by atoms with van der Waals surface area (Å²) in [6.07, 6.45) is 4.90. The predicted octanol–water partition coefficient (Wildman–Crippen LogP) is 1.06. The Morgan fingerprint density at radius 1 is 1.13 bits per heavy atom. The van der Waals surface area contributed by atoms with E-state index in [0.717, 1.165) is 71.7 Å². The summed E-state index contributed by atoms with van der Waals surface area (Å²) in [5.74, 6) is 0.633. The Hall–Kier alpha value is -0.690. The number of fused-ring (bicyclic) bond motifs is 1. The van der Waals surface area contributed by atoms with Crippen LogP contribution in [0.1, 0.15) is 32.1 Å². The fourth-order valence-corrected chi connectivity index (χ4v) is 4.63. The first-order chi connectivity index (χ1) is 11.3. The average molecular weight is 324 g/mol. The van der Waals surface area contributed by atoms with E-state index in [0.29, 0.717) is 25.0 Å². The number of hydrogen-bond acceptors (Lipinski definition) is 5. The van der Waals surface area contributed by atoms with Gasteiger partial charge in [0.2, 0.25) is 5.91 Å². The van der Waals surface area contributed by atoms with Gasteiger partial charge in [0.15, 0.2) is 0 Å². The van der Waals surface area contributed by atoms with Crippen LogP contribution in [-0.4, -0.2) is 74.6 Å². The highest BCUT2D eigenvalue weighted by molar-refractivity contribution is 5.76. The second-order valence-corrected chi connectivity index (χ2v) is 7.56. The van der Waals surface area contributed by atoms with Crippen LogP contribution in [0.25, 0.3) is 0 Å². The summed E-state index contributed by atoms with van der Waals surface area (Å²) in [5.41, 5.74) is -0.00378. The molecular weight excluding hydrogens is 296 g/mol. The molecule has 4 aliphatic rings. The van der Waals surface area contributed by atoms with Gasteiger partial charge in [-0.25, -0.2) is 5.06 Å². The highest BCUT2D eigenvalue weighted by atomic mass is 16.7. The van der Waals surface area contributed by atoms with E-state index in [-0.39, 0.29) is 11.3 Å². The SMILES string of the molecule is O=C(C[C@]12COC[C@H]1CN(C1CCOCC1)C2)N1CCCCO1. The molecule has 0 unspecified atom stereocenters. The van der Waals surface area contributed by atoms with Gasteiger partial charge < -0.3 is 9.47 Å². The minimum absolute atomic E-state index is 0.00378. The first-order valence-corrected chi connectivity index (χ1v) is 9.10. The van der Waals surface area contributed by atoms with Crippen molar-refractivity contribution in [2.24, 2.45) is 11.3 Å². The van der Waals surface area contributed by atoms with Crippen LogP contribution >= 0.6 is 0 Å². The number of likely N-dealkylation sites (tertiary alicyclic amines) is 1. The van der Waals surface area contributed by atoms with Crippen LogP contribution in [-0.2, 0) is 19.1 Å². The normalized spacial score (nSPS) is 36.3. The van der Waals surface area contributed by atoms with Crippen molar-refractivity contribution < 1.29 is 19.1 Å². The van der Waals surface area contributed by atoms with Crippen molar-refractivity contribution in [3.8, 4) is 0 Å². The first kappa shape index (κ1) is 15.8. The third-order valence-electron chi connectivity index (χ3n) is 6.04. The molecule has 0 N–H and O–H groups in total. The van der Waals surface area contributed by atoms with E-state index in [1.165, 1.54) is 0 Å². The fourth-order valence-electron chi connectivity index (χ4n) is 4.63. The topological polar surface area (TPSA) is 51.2 Å². The molecule has 4 fully saturated rings. The molecule has 0 aromatic carbocycles. The zero-order valence-corrected chi connectivity index (χ0v) is 13.9. The van der Waals surface area contributed by atoms with E-state index in [1.807, 2.05) is 0 Å². The zero-order chi connectivity index (χ0) is 15.7. The first-order valence-electron chi connectivity index (χ1n) is 9.10. The van der Waals surface area contributed by atoms with Crippen LogP contribution in [0.15, 0.2) is 0 Å². The van der Waals surface area contributed by atoms with Gasteiger partial charge in [-0.05, 0) is 25.7 Å². The second-order valence-electron chi connectivity index (χ2n) is 7.56. The Labute approximate surface area is 138 Å². The summed E-state index contributed by atoms with van der Waals surface area (Å²) in [6.45, 7) is 6.73. The van der Waals surface area contributed by atoms with Crippen LogP contribution < -0.4 is 0 Å². The number of hydrogen-bond donors (Lipinski definition) is 0. The van der Waals surface area contributed by atoms with E-state index < -0.39 is 0 Å². The lowest BCUT2D eigenvalue weighted by molar-refractivity contribution is -0.199. The molecular formula is C17H28N2O4. The molecule has 0 aliphatic carbocycles. The molecule has 23 heavy (non-hydrogen) atoms. The lowest BCUT2D eigenvalue weighted by Gasteiger charge is -2.34. The highest BCUT2D eigenvalue weighted by Crippen LogP contribution is 2.45. The molecule has 0 bridgehead atoms. The molecule has 0 aromatic rings. The number of rotatable bonds is 3. The monoisotopic (exact) mass is 324 g/mol. The Bertz CT molecular complexity index is 434. The van der Waals surface area contributed by atoms with Crippen molar-refractivity contribution in [3.63, 3.8) is 0 Å². The number of nitrogens with zero attached hydrogens (tertiary/aromatic N) is 2. The molecule has 1 amide bonds. The van der Waals surface area contributed by atoms with Crippen molar-refractivity contribution in [1.82, 2.24) is 9.96 Å². The van der Waals surface area contributed by atoms with Gasteiger partial charge in [-0.2, -0.15) is 0 Å². The van der Waals surface area contributed by atoms with Crippen LogP contribution in [0.5, 0.6) is 0 Å². The van der Waals surface area contributed by atoms with Crippen LogP contribution in [0.2, 0.25) is 0 Å². The summed E-state index contributed by atoms with van der Waals surface area (Å²) in [6, 6.07) is 0.618. The third kappa shape index (κ3) is 3.14. The summed E-state index contributed by atoms with van der Waals surface area (Å²) in [5, 5.41) is 1.60. The summed E-state index contributed by atoms with van der Waals surface area (Å²) in [7, 11) is 0. The molecule has 2 atom stereocenters. The summed E-state index contributed by atoms with van der Waals surface area (Å²) in [4.78, 5) is 20.8. The van der Waals surface area contributed by atoms with Crippen molar-refractivity contribution in [1.29, 1.82) is 0 Å². The van der Waals surface area contributed by atoms with Gasteiger partial charge in [0.1, 0.15) is 0 Å². The number of hydroxylamine groups is 2. The van der Waals surface area contributed by atoms with E-state index >= 15 is 0 Å². The van der Waals surface area contributed by atoms with Crippen LogP contribution in [0.3, 0.4) is 0 Å². The average Bonchev–Trinajstić information content (AvgIpc) is 3.13. The molecule has 4 saturated heterocycles. The molecule has 6 nitrogen and oxygen atoms in total. The minimum Gasteiger partial charge on any atom is -0.381 e. The van der Waals surface area contributed by atoms with E-state index in [9.17, 15) is 4.79 Å². The van der Waals surface area contributed by atoms with E-state index in [2.05, 4.69) is 4.90 Å². The van der Waals surface area contributed by atoms with E-state index in [1.54, 1.807) is 5.06 Å². The quantitative estimate of drug-likeness (QED) is 0.777. The molecule has 0 aromatic heterocycles. The maximum atomic E-state index is 12.7. The maximum Gasteiger partial charge on any atom is 0.246 e. The molecule has 130 valence electrons. The van der Waals surface area contributed by atoms with Gasteiger partial charge in [-0.15, -0.1) is 0 Å². The Kier molecular flexibility index (Phi) is 4.58. The summed E-state index contributed by atoms with van der Waals surface area (Å²) < 4.78 is 11.3. The lowest BCUT2D eigenvalue weighted by atomic mass is 9.78. The Morgan fingerprint density at radius 3 is 2.78 bits per heavy atom. The van der Waals surface area contributed by atoms with E-state index in [4.69, 9.17) is 14.3 Å². The molecule has 6 heteroatoms. The number of ether oxygens (including phenoxy) is 2. The standard InChI is InChI=1S/C17H28N2O4/c20-16(19-5-1-2-6-23-19)9-17-12-18(10-14(17)11-22-13-17)15-3-7-21-8-4-15/h14-15H,1-13H2/t14-,17+/m1/s1.